The number of fused-ring (bicyclic) bond motifs is 1. The van der Waals surface area contributed by atoms with Crippen LogP contribution < -0.4 is 10.6 Å². The van der Waals surface area contributed by atoms with E-state index in [0.29, 0.717) is 18.0 Å². The quantitative estimate of drug-likeness (QED) is 0.740. The van der Waals surface area contributed by atoms with E-state index in [0.717, 1.165) is 0 Å². The molecule has 2 rings (SSSR count). The molecule has 0 aliphatic carbocycles. The minimum atomic E-state index is -0.408. The standard InChI is InChI=1S/C11H15N5O2/c1-2-8(7-17)12-11(18)13-10-15-14-9-5-3-4-6-16(9)10/h3-6,8,17H,2,7H2,1H3,(H2,12,13,15,18). The number of pyridine rings is 1. The number of aliphatic hydroxyl groups is 1. The van der Waals surface area contributed by atoms with E-state index in [9.17, 15) is 4.79 Å². The molecule has 7 nitrogen and oxygen atoms in total. The molecule has 2 aromatic heterocycles. The number of rotatable bonds is 4. The molecule has 0 saturated heterocycles. The lowest BCUT2D eigenvalue weighted by Gasteiger charge is -2.13. The van der Waals surface area contributed by atoms with E-state index in [1.165, 1.54) is 0 Å². The molecular weight excluding hydrogens is 234 g/mol. The molecular formula is C11H15N5O2. The average Bonchev–Trinajstić information content (AvgIpc) is 2.79. The third-order valence-electron chi connectivity index (χ3n) is 2.59. The molecule has 3 N–H and O–H groups in total. The fourth-order valence-corrected chi connectivity index (χ4v) is 1.53. The zero-order chi connectivity index (χ0) is 13.0. The number of aliphatic hydroxyl groups excluding tert-OH is 1. The van der Waals surface area contributed by atoms with Crippen LogP contribution in [-0.4, -0.2) is 38.4 Å². The third-order valence-corrected chi connectivity index (χ3v) is 2.59. The first-order valence-corrected chi connectivity index (χ1v) is 5.72. The Bertz CT molecular complexity index is 535. The molecule has 2 amide bonds. The van der Waals surface area contributed by atoms with Crippen molar-refractivity contribution in [1.29, 1.82) is 0 Å². The van der Waals surface area contributed by atoms with E-state index in [-0.39, 0.29) is 12.6 Å². The molecule has 0 spiro atoms. The van der Waals surface area contributed by atoms with Crippen molar-refractivity contribution in [2.24, 2.45) is 0 Å². The highest BCUT2D eigenvalue weighted by atomic mass is 16.3. The SMILES string of the molecule is CCC(CO)NC(=O)Nc1nnc2ccccn12. The molecule has 0 saturated carbocycles. The summed E-state index contributed by atoms with van der Waals surface area (Å²) in [4.78, 5) is 11.7. The molecule has 96 valence electrons. The van der Waals surface area contributed by atoms with Crippen molar-refractivity contribution in [3.05, 3.63) is 24.4 Å². The van der Waals surface area contributed by atoms with Gasteiger partial charge in [-0.15, -0.1) is 10.2 Å². The second-order valence-corrected chi connectivity index (χ2v) is 3.84. The summed E-state index contributed by atoms with van der Waals surface area (Å²) in [5.74, 6) is 0.343. The second kappa shape index (κ2) is 5.46. The molecule has 0 radical (unpaired) electrons. The van der Waals surface area contributed by atoms with E-state index in [4.69, 9.17) is 5.11 Å². The minimum absolute atomic E-state index is 0.0928. The van der Waals surface area contributed by atoms with Gasteiger partial charge in [-0.2, -0.15) is 0 Å². The summed E-state index contributed by atoms with van der Waals surface area (Å²) in [5.41, 5.74) is 0.655. The molecule has 1 atom stereocenters. The zero-order valence-corrected chi connectivity index (χ0v) is 10.00. The smallest absolute Gasteiger partial charge is 0.321 e. The van der Waals surface area contributed by atoms with Gasteiger partial charge in [-0.05, 0) is 18.6 Å². The summed E-state index contributed by atoms with van der Waals surface area (Å²) < 4.78 is 1.67. The van der Waals surface area contributed by atoms with Crippen molar-refractivity contribution in [2.75, 3.05) is 11.9 Å². The average molecular weight is 249 g/mol. The summed E-state index contributed by atoms with van der Waals surface area (Å²) in [5, 5.41) is 22.0. The molecule has 0 aliphatic heterocycles. The number of nitrogens with one attached hydrogen (secondary N) is 2. The fourth-order valence-electron chi connectivity index (χ4n) is 1.53. The second-order valence-electron chi connectivity index (χ2n) is 3.84. The van der Waals surface area contributed by atoms with Crippen molar-refractivity contribution in [3.8, 4) is 0 Å². The largest absolute Gasteiger partial charge is 0.394 e. The number of aromatic nitrogens is 3. The fraction of sp³-hybridized carbons (Fsp3) is 0.364. The number of carbonyl (C=O) groups is 1. The van der Waals surface area contributed by atoms with Crippen LogP contribution in [0.4, 0.5) is 10.7 Å². The number of hydrogen-bond donors (Lipinski definition) is 3. The summed E-state index contributed by atoms with van der Waals surface area (Å²) in [7, 11) is 0. The summed E-state index contributed by atoms with van der Waals surface area (Å²) in [6, 6.07) is 4.78. The molecule has 18 heavy (non-hydrogen) atoms. The lowest BCUT2D eigenvalue weighted by molar-refractivity contribution is 0.222. The van der Waals surface area contributed by atoms with Gasteiger partial charge in [-0.3, -0.25) is 9.72 Å². The number of anilines is 1. The van der Waals surface area contributed by atoms with Crippen molar-refractivity contribution in [3.63, 3.8) is 0 Å². The van der Waals surface area contributed by atoms with Gasteiger partial charge in [0, 0.05) is 6.20 Å². The van der Waals surface area contributed by atoms with Crippen molar-refractivity contribution < 1.29 is 9.90 Å². The molecule has 7 heteroatoms. The van der Waals surface area contributed by atoms with Crippen LogP contribution in [0.2, 0.25) is 0 Å². The Hall–Kier alpha value is -2.15. The third kappa shape index (κ3) is 2.57. The lowest BCUT2D eigenvalue weighted by Crippen LogP contribution is -2.40. The Labute approximate surface area is 104 Å². The van der Waals surface area contributed by atoms with Gasteiger partial charge in [0.1, 0.15) is 0 Å². The Morgan fingerprint density at radius 3 is 3.06 bits per heavy atom. The van der Waals surface area contributed by atoms with Crippen LogP contribution in [0.15, 0.2) is 24.4 Å². The maximum absolute atomic E-state index is 11.7. The summed E-state index contributed by atoms with van der Waals surface area (Å²) in [6.07, 6.45) is 2.42. The highest BCUT2D eigenvalue weighted by Crippen LogP contribution is 2.07. The monoisotopic (exact) mass is 249 g/mol. The Morgan fingerprint density at radius 2 is 2.33 bits per heavy atom. The Kier molecular flexibility index (Phi) is 3.73. The maximum Gasteiger partial charge on any atom is 0.321 e. The number of carbonyl (C=O) groups excluding carboxylic acids is 1. The van der Waals surface area contributed by atoms with Crippen LogP contribution in [0.25, 0.3) is 5.65 Å². The van der Waals surface area contributed by atoms with Gasteiger partial charge in [0.25, 0.3) is 0 Å². The molecule has 0 fully saturated rings. The highest BCUT2D eigenvalue weighted by molar-refractivity contribution is 5.87. The predicted molar refractivity (Wildman–Crippen MR) is 66.3 cm³/mol. The minimum Gasteiger partial charge on any atom is -0.394 e. The number of hydrogen-bond acceptors (Lipinski definition) is 4. The topological polar surface area (TPSA) is 91.5 Å². The van der Waals surface area contributed by atoms with Gasteiger partial charge in [-0.25, -0.2) is 4.79 Å². The van der Waals surface area contributed by atoms with Gasteiger partial charge < -0.3 is 10.4 Å². The lowest BCUT2D eigenvalue weighted by atomic mass is 10.2. The molecule has 1 unspecified atom stereocenters. The predicted octanol–water partition coefficient (Wildman–Crippen LogP) is 0.622. The maximum atomic E-state index is 11.7. The van der Waals surface area contributed by atoms with Gasteiger partial charge in [-0.1, -0.05) is 13.0 Å². The van der Waals surface area contributed by atoms with Crippen LogP contribution in [0.1, 0.15) is 13.3 Å². The van der Waals surface area contributed by atoms with Crippen molar-refractivity contribution >= 4 is 17.6 Å². The van der Waals surface area contributed by atoms with E-state index < -0.39 is 6.03 Å². The van der Waals surface area contributed by atoms with Crippen LogP contribution >= 0.6 is 0 Å². The number of urea groups is 1. The first kappa shape index (κ1) is 12.3. The van der Waals surface area contributed by atoms with E-state index in [1.807, 2.05) is 19.1 Å². The van der Waals surface area contributed by atoms with Crippen molar-refractivity contribution in [2.45, 2.75) is 19.4 Å². The Morgan fingerprint density at radius 1 is 1.50 bits per heavy atom. The van der Waals surface area contributed by atoms with E-state index in [1.54, 1.807) is 16.7 Å². The molecule has 0 aliphatic rings. The summed E-state index contributed by atoms with van der Waals surface area (Å²) in [6.45, 7) is 1.79. The van der Waals surface area contributed by atoms with Gasteiger partial charge in [0.05, 0.1) is 12.6 Å². The first-order valence-electron chi connectivity index (χ1n) is 5.72. The zero-order valence-electron chi connectivity index (χ0n) is 10.00. The van der Waals surface area contributed by atoms with Gasteiger partial charge in [0.2, 0.25) is 5.95 Å². The van der Waals surface area contributed by atoms with Gasteiger partial charge >= 0.3 is 6.03 Å². The molecule has 0 bridgehead atoms. The van der Waals surface area contributed by atoms with Gasteiger partial charge in [0.15, 0.2) is 5.65 Å². The number of amides is 2. The van der Waals surface area contributed by atoms with Crippen LogP contribution in [0.5, 0.6) is 0 Å². The number of nitrogens with zero attached hydrogens (tertiary/aromatic N) is 3. The van der Waals surface area contributed by atoms with Crippen LogP contribution in [0, 0.1) is 0 Å². The molecule has 0 aromatic carbocycles. The van der Waals surface area contributed by atoms with Crippen LogP contribution in [0.3, 0.4) is 0 Å². The van der Waals surface area contributed by atoms with Crippen molar-refractivity contribution in [1.82, 2.24) is 19.9 Å². The van der Waals surface area contributed by atoms with Crippen LogP contribution in [-0.2, 0) is 0 Å². The summed E-state index contributed by atoms with van der Waals surface area (Å²) >= 11 is 0. The van der Waals surface area contributed by atoms with E-state index >= 15 is 0 Å². The first-order chi connectivity index (χ1) is 8.74. The van der Waals surface area contributed by atoms with E-state index in [2.05, 4.69) is 20.8 Å². The Balaban J connectivity index is 2.07. The molecule has 2 aromatic rings. The highest BCUT2D eigenvalue weighted by Gasteiger charge is 2.12. The molecule has 2 heterocycles. The normalized spacial score (nSPS) is 12.3.